The van der Waals surface area contributed by atoms with Crippen molar-refractivity contribution < 1.29 is 22.7 Å². The van der Waals surface area contributed by atoms with Crippen molar-refractivity contribution in [1.29, 1.82) is 0 Å². The summed E-state index contributed by atoms with van der Waals surface area (Å²) in [5.41, 5.74) is 1.37. The Morgan fingerprint density at radius 2 is 1.59 bits per heavy atom. The van der Waals surface area contributed by atoms with Gasteiger partial charge in [0.05, 0.1) is 18.6 Å². The third-order valence-electron chi connectivity index (χ3n) is 4.82. The molecule has 2 aromatic carbocycles. The first-order chi connectivity index (χ1) is 12.9. The lowest BCUT2D eigenvalue weighted by atomic mass is 9.85. The number of fused-ring (bicyclic) bond motifs is 1. The molecule has 1 saturated carbocycles. The van der Waals surface area contributed by atoms with Crippen LogP contribution in [0.1, 0.15) is 49.9 Å². The van der Waals surface area contributed by atoms with Crippen molar-refractivity contribution in [2.24, 2.45) is 5.92 Å². The number of hydrogen-bond acceptors (Lipinski definition) is 3. The highest BCUT2D eigenvalue weighted by molar-refractivity contribution is 5.96. The molecule has 0 aromatic heterocycles. The molecule has 1 aliphatic carbocycles. The lowest BCUT2D eigenvalue weighted by molar-refractivity contribution is -0.182. The summed E-state index contributed by atoms with van der Waals surface area (Å²) in [6, 6.07) is 11.1. The molecule has 0 amide bonds. The highest BCUT2D eigenvalue weighted by atomic mass is 19.4. The second-order valence-electron chi connectivity index (χ2n) is 6.50. The van der Waals surface area contributed by atoms with Crippen LogP contribution in [0.5, 0.6) is 0 Å². The van der Waals surface area contributed by atoms with Crippen molar-refractivity contribution in [3.05, 3.63) is 42.0 Å². The van der Waals surface area contributed by atoms with Crippen LogP contribution in [0.4, 0.5) is 18.9 Å². The van der Waals surface area contributed by atoms with Gasteiger partial charge in [0.1, 0.15) is 0 Å². The van der Waals surface area contributed by atoms with Crippen molar-refractivity contribution in [3.8, 4) is 0 Å². The van der Waals surface area contributed by atoms with Crippen LogP contribution in [-0.4, -0.2) is 25.3 Å². The number of anilines is 1. The van der Waals surface area contributed by atoms with Gasteiger partial charge >= 0.3 is 12.1 Å². The first kappa shape index (κ1) is 21.1. The van der Waals surface area contributed by atoms with E-state index in [1.165, 1.54) is 7.11 Å². The Bertz CT molecular complexity index is 766. The van der Waals surface area contributed by atoms with Crippen LogP contribution < -0.4 is 5.32 Å². The van der Waals surface area contributed by atoms with Gasteiger partial charge in [-0.2, -0.15) is 13.2 Å². The molecule has 0 bridgehead atoms. The van der Waals surface area contributed by atoms with Gasteiger partial charge in [0.2, 0.25) is 0 Å². The zero-order chi connectivity index (χ0) is 20.0. The van der Waals surface area contributed by atoms with Gasteiger partial charge in [0.25, 0.3) is 0 Å². The predicted molar refractivity (Wildman–Crippen MR) is 102 cm³/mol. The molecule has 2 aromatic rings. The molecule has 0 unspecified atom stereocenters. The Morgan fingerprint density at radius 3 is 2.19 bits per heavy atom. The molecule has 0 aliphatic heterocycles. The molecule has 1 fully saturated rings. The fraction of sp³-hybridized carbons (Fsp3) is 0.476. The first-order valence-corrected chi connectivity index (χ1v) is 9.32. The van der Waals surface area contributed by atoms with E-state index in [-0.39, 0.29) is 24.9 Å². The molecular formula is C21H26F3NO2. The number of carbonyl (C=O) groups is 1. The number of halogens is 3. The van der Waals surface area contributed by atoms with Gasteiger partial charge in [0, 0.05) is 11.7 Å². The fourth-order valence-electron chi connectivity index (χ4n) is 3.38. The minimum absolute atomic E-state index is 0.0605. The number of carbonyl (C=O) groups excluding carboxylic acids is 1. The SMILES string of the molecule is CC.COC(=O)c1ccc2cc(NC3CCC(C(F)(F)F)CC3)ccc2c1. The zero-order valence-electron chi connectivity index (χ0n) is 15.9. The normalized spacial score (nSPS) is 19.8. The molecule has 1 N–H and O–H groups in total. The maximum absolute atomic E-state index is 12.7. The van der Waals surface area contributed by atoms with Crippen LogP contribution in [0.3, 0.4) is 0 Å². The van der Waals surface area contributed by atoms with E-state index in [1.807, 2.05) is 38.1 Å². The minimum Gasteiger partial charge on any atom is -0.465 e. The number of esters is 1. The van der Waals surface area contributed by atoms with Crippen molar-refractivity contribution in [2.45, 2.75) is 51.7 Å². The smallest absolute Gasteiger partial charge is 0.391 e. The monoisotopic (exact) mass is 381 g/mol. The maximum atomic E-state index is 12.7. The topological polar surface area (TPSA) is 38.3 Å². The van der Waals surface area contributed by atoms with Crippen LogP contribution in [0.2, 0.25) is 0 Å². The average Bonchev–Trinajstić information content (AvgIpc) is 2.68. The highest BCUT2D eigenvalue weighted by Gasteiger charge is 2.41. The maximum Gasteiger partial charge on any atom is 0.391 e. The minimum atomic E-state index is -4.08. The molecule has 6 heteroatoms. The van der Waals surface area contributed by atoms with Gasteiger partial charge < -0.3 is 10.1 Å². The van der Waals surface area contributed by atoms with E-state index in [2.05, 4.69) is 5.32 Å². The van der Waals surface area contributed by atoms with Gasteiger partial charge in [-0.05, 0) is 60.7 Å². The molecule has 148 valence electrons. The van der Waals surface area contributed by atoms with E-state index in [1.54, 1.807) is 12.1 Å². The summed E-state index contributed by atoms with van der Waals surface area (Å²) >= 11 is 0. The first-order valence-electron chi connectivity index (χ1n) is 9.32. The van der Waals surface area contributed by atoms with Crippen molar-refractivity contribution in [2.75, 3.05) is 12.4 Å². The van der Waals surface area contributed by atoms with Crippen LogP contribution in [-0.2, 0) is 4.74 Å². The molecule has 3 rings (SSSR count). The van der Waals surface area contributed by atoms with Gasteiger partial charge in [-0.25, -0.2) is 4.79 Å². The van der Waals surface area contributed by atoms with E-state index in [0.717, 1.165) is 16.5 Å². The molecule has 3 nitrogen and oxygen atoms in total. The van der Waals surface area contributed by atoms with Gasteiger partial charge in [-0.1, -0.05) is 26.0 Å². The second kappa shape index (κ2) is 9.11. The number of hydrogen-bond donors (Lipinski definition) is 1. The third-order valence-corrected chi connectivity index (χ3v) is 4.82. The summed E-state index contributed by atoms with van der Waals surface area (Å²) in [7, 11) is 1.34. The number of nitrogens with one attached hydrogen (secondary N) is 1. The number of rotatable bonds is 3. The molecule has 0 radical (unpaired) electrons. The van der Waals surface area contributed by atoms with Crippen LogP contribution in [0, 0.1) is 5.92 Å². The Hall–Kier alpha value is -2.24. The van der Waals surface area contributed by atoms with Crippen LogP contribution >= 0.6 is 0 Å². The summed E-state index contributed by atoms with van der Waals surface area (Å²) < 4.78 is 42.9. The zero-order valence-corrected chi connectivity index (χ0v) is 15.9. The lowest BCUT2D eigenvalue weighted by Gasteiger charge is -2.30. The van der Waals surface area contributed by atoms with Crippen molar-refractivity contribution in [1.82, 2.24) is 0 Å². The molecule has 0 heterocycles. The van der Waals surface area contributed by atoms with Gasteiger partial charge in [0.15, 0.2) is 0 Å². The van der Waals surface area contributed by atoms with Crippen molar-refractivity contribution in [3.63, 3.8) is 0 Å². The quantitative estimate of drug-likeness (QED) is 0.645. The van der Waals surface area contributed by atoms with Crippen molar-refractivity contribution >= 4 is 22.4 Å². The highest BCUT2D eigenvalue weighted by Crippen LogP contribution is 2.38. The van der Waals surface area contributed by atoms with E-state index in [4.69, 9.17) is 4.74 Å². The lowest BCUT2D eigenvalue weighted by Crippen LogP contribution is -2.32. The predicted octanol–water partition coefficient (Wildman–Crippen LogP) is 6.19. The van der Waals surface area contributed by atoms with Crippen LogP contribution in [0.25, 0.3) is 10.8 Å². The van der Waals surface area contributed by atoms with E-state index < -0.39 is 12.1 Å². The number of alkyl halides is 3. The standard InChI is InChI=1S/C19H20F3NO2.C2H6/c1-25-18(24)14-3-2-13-11-17(7-4-12(13)10-14)23-16-8-5-15(6-9-16)19(20,21)22;1-2/h2-4,7,10-11,15-16,23H,5-6,8-9H2,1H3;1-2H3. The largest absolute Gasteiger partial charge is 0.465 e. The molecular weight excluding hydrogens is 355 g/mol. The summed E-state index contributed by atoms with van der Waals surface area (Å²) in [5.74, 6) is -1.55. The van der Waals surface area contributed by atoms with E-state index >= 15 is 0 Å². The Labute approximate surface area is 157 Å². The van der Waals surface area contributed by atoms with Gasteiger partial charge in [-0.3, -0.25) is 0 Å². The Morgan fingerprint density at radius 1 is 1.00 bits per heavy atom. The Kier molecular flexibility index (Phi) is 7.11. The molecule has 0 spiro atoms. The number of benzene rings is 2. The fourth-order valence-corrected chi connectivity index (χ4v) is 3.38. The second-order valence-corrected chi connectivity index (χ2v) is 6.50. The molecule has 1 aliphatic rings. The molecule has 0 atom stereocenters. The van der Waals surface area contributed by atoms with E-state index in [0.29, 0.717) is 18.4 Å². The summed E-state index contributed by atoms with van der Waals surface area (Å²) in [6.07, 6.45) is -2.69. The Balaban J connectivity index is 0.00000126. The number of methoxy groups -OCH3 is 1. The third kappa shape index (κ3) is 5.37. The van der Waals surface area contributed by atoms with Crippen LogP contribution in [0.15, 0.2) is 36.4 Å². The molecule has 0 saturated heterocycles. The summed E-state index contributed by atoms with van der Waals surface area (Å²) in [6.45, 7) is 4.00. The average molecular weight is 381 g/mol. The van der Waals surface area contributed by atoms with Gasteiger partial charge in [-0.15, -0.1) is 0 Å². The summed E-state index contributed by atoms with van der Waals surface area (Å²) in [4.78, 5) is 11.6. The molecule has 27 heavy (non-hydrogen) atoms. The number of ether oxygens (including phenoxy) is 1. The van der Waals surface area contributed by atoms with E-state index in [9.17, 15) is 18.0 Å². The summed E-state index contributed by atoms with van der Waals surface area (Å²) in [5, 5.41) is 5.21.